The van der Waals surface area contributed by atoms with Crippen molar-refractivity contribution in [2.45, 2.75) is 49.8 Å². The molecule has 1 saturated heterocycles. The number of fused-ring (bicyclic) bond motifs is 4. The van der Waals surface area contributed by atoms with Crippen molar-refractivity contribution in [3.05, 3.63) is 58.6 Å². The number of halogens is 1. The zero-order valence-electron chi connectivity index (χ0n) is 16.2. The van der Waals surface area contributed by atoms with Crippen LogP contribution in [-0.2, 0) is 19.6 Å². The Kier molecular flexibility index (Phi) is 5.31. The number of esters is 1. The van der Waals surface area contributed by atoms with Crippen molar-refractivity contribution < 1.29 is 22.7 Å². The summed E-state index contributed by atoms with van der Waals surface area (Å²) in [5, 5.41) is 0.507. The van der Waals surface area contributed by atoms with Gasteiger partial charge >= 0.3 is 5.97 Å². The highest BCUT2D eigenvalue weighted by atomic mass is 35.5. The Labute approximate surface area is 175 Å². The molecule has 0 radical (unpaired) electrons. The number of benzene rings is 2. The first kappa shape index (κ1) is 20.2. The van der Waals surface area contributed by atoms with Crippen LogP contribution in [0.3, 0.4) is 0 Å². The van der Waals surface area contributed by atoms with Gasteiger partial charge in [0.2, 0.25) is 10.0 Å². The fourth-order valence-corrected chi connectivity index (χ4v) is 6.11. The fourth-order valence-electron chi connectivity index (χ4n) is 4.11. The highest BCUT2D eigenvalue weighted by molar-refractivity contribution is 7.89. The number of rotatable bonds is 5. The third-order valence-corrected chi connectivity index (χ3v) is 7.59. The first-order valence-corrected chi connectivity index (χ1v) is 11.3. The maximum atomic E-state index is 13.6. The van der Waals surface area contributed by atoms with Crippen molar-refractivity contribution in [3.8, 4) is 5.75 Å². The van der Waals surface area contributed by atoms with Gasteiger partial charge in [0.1, 0.15) is 11.9 Å². The minimum atomic E-state index is -3.87. The van der Waals surface area contributed by atoms with Crippen molar-refractivity contribution in [1.82, 2.24) is 4.31 Å². The quantitative estimate of drug-likeness (QED) is 0.666. The number of carbonyl (C=O) groups is 1. The fraction of sp³-hybridized carbons (Fsp3) is 0.381. The molecule has 3 unspecified atom stereocenters. The van der Waals surface area contributed by atoms with E-state index in [2.05, 4.69) is 0 Å². The van der Waals surface area contributed by atoms with Crippen LogP contribution < -0.4 is 4.74 Å². The van der Waals surface area contributed by atoms with Crippen LogP contribution in [0.2, 0.25) is 5.02 Å². The molecule has 2 aliphatic rings. The summed E-state index contributed by atoms with van der Waals surface area (Å²) in [6.45, 7) is 3.86. The molecule has 154 valence electrons. The predicted molar refractivity (Wildman–Crippen MR) is 108 cm³/mol. The van der Waals surface area contributed by atoms with Crippen molar-refractivity contribution in [3.63, 3.8) is 0 Å². The highest BCUT2D eigenvalue weighted by Crippen LogP contribution is 2.50. The number of ether oxygens (including phenoxy) is 2. The van der Waals surface area contributed by atoms with Gasteiger partial charge in [0.25, 0.3) is 0 Å². The van der Waals surface area contributed by atoms with Gasteiger partial charge in [-0.2, -0.15) is 4.31 Å². The van der Waals surface area contributed by atoms with E-state index < -0.39 is 34.2 Å². The molecule has 1 fully saturated rings. The summed E-state index contributed by atoms with van der Waals surface area (Å²) in [7, 11) is -3.87. The summed E-state index contributed by atoms with van der Waals surface area (Å²) >= 11 is 6.17. The smallest absolute Gasteiger partial charge is 0.307 e. The maximum absolute atomic E-state index is 13.6. The number of hydrogen-bond donors (Lipinski definition) is 0. The second-order valence-corrected chi connectivity index (χ2v) is 9.59. The van der Waals surface area contributed by atoms with Crippen LogP contribution in [0.1, 0.15) is 36.9 Å². The lowest BCUT2D eigenvalue weighted by atomic mass is 9.99. The summed E-state index contributed by atoms with van der Waals surface area (Å²) in [5.41, 5.74) is 1.68. The van der Waals surface area contributed by atoms with E-state index in [0.717, 1.165) is 11.1 Å². The Morgan fingerprint density at radius 3 is 2.66 bits per heavy atom. The first-order valence-electron chi connectivity index (χ1n) is 9.53. The third kappa shape index (κ3) is 3.63. The molecule has 0 saturated carbocycles. The summed E-state index contributed by atoms with van der Waals surface area (Å²) < 4.78 is 39.8. The lowest BCUT2D eigenvalue weighted by Crippen LogP contribution is -2.42. The van der Waals surface area contributed by atoms with Crippen molar-refractivity contribution >= 4 is 27.6 Å². The molecule has 29 heavy (non-hydrogen) atoms. The molecule has 2 aliphatic heterocycles. The van der Waals surface area contributed by atoms with Crippen LogP contribution in [0.25, 0.3) is 0 Å². The van der Waals surface area contributed by atoms with E-state index in [1.807, 2.05) is 6.92 Å². The molecule has 8 heteroatoms. The van der Waals surface area contributed by atoms with Gasteiger partial charge in [-0.1, -0.05) is 29.3 Å². The van der Waals surface area contributed by atoms with E-state index in [1.54, 1.807) is 49.4 Å². The Balaban J connectivity index is 1.80. The van der Waals surface area contributed by atoms with E-state index >= 15 is 0 Å². The number of carbonyl (C=O) groups excluding carboxylic acids is 1. The van der Waals surface area contributed by atoms with Crippen LogP contribution in [0.4, 0.5) is 0 Å². The Morgan fingerprint density at radius 1 is 1.24 bits per heavy atom. The molecule has 3 atom stereocenters. The average Bonchev–Trinajstić information content (AvgIpc) is 2.96. The molecule has 0 spiro atoms. The van der Waals surface area contributed by atoms with Gasteiger partial charge in [-0.25, -0.2) is 8.42 Å². The highest BCUT2D eigenvalue weighted by Gasteiger charge is 2.53. The predicted octanol–water partition coefficient (Wildman–Crippen LogP) is 3.87. The van der Waals surface area contributed by atoms with E-state index in [-0.39, 0.29) is 17.9 Å². The van der Waals surface area contributed by atoms with Gasteiger partial charge in [0.05, 0.1) is 30.0 Å². The Hall–Kier alpha value is -2.09. The van der Waals surface area contributed by atoms with Gasteiger partial charge in [0.15, 0.2) is 0 Å². The minimum Gasteiger partial charge on any atom is -0.488 e. The van der Waals surface area contributed by atoms with Gasteiger partial charge < -0.3 is 9.47 Å². The summed E-state index contributed by atoms with van der Waals surface area (Å²) in [6.07, 6.45) is -0.0389. The molecule has 2 heterocycles. The van der Waals surface area contributed by atoms with E-state index in [0.29, 0.717) is 17.2 Å². The van der Waals surface area contributed by atoms with Crippen LogP contribution >= 0.6 is 11.6 Å². The molecule has 4 rings (SSSR count). The van der Waals surface area contributed by atoms with Crippen LogP contribution in [0.15, 0.2) is 47.4 Å². The number of sulfonamides is 1. The molecule has 2 aromatic carbocycles. The van der Waals surface area contributed by atoms with Crippen molar-refractivity contribution in [2.75, 3.05) is 6.61 Å². The number of aryl methyl sites for hydroxylation is 1. The largest absolute Gasteiger partial charge is 0.488 e. The molecule has 2 aromatic rings. The zero-order valence-corrected chi connectivity index (χ0v) is 17.7. The molecule has 0 N–H and O–H groups in total. The summed E-state index contributed by atoms with van der Waals surface area (Å²) in [5.74, 6) is 0.158. The molecular formula is C21H22ClNO5S. The average molecular weight is 436 g/mol. The van der Waals surface area contributed by atoms with Crippen LogP contribution in [0, 0.1) is 6.92 Å². The molecule has 6 nitrogen and oxygen atoms in total. The lowest BCUT2D eigenvalue weighted by molar-refractivity contribution is -0.144. The molecule has 0 aliphatic carbocycles. The molecule has 2 bridgehead atoms. The first-order chi connectivity index (χ1) is 13.8. The Morgan fingerprint density at radius 2 is 1.97 bits per heavy atom. The summed E-state index contributed by atoms with van der Waals surface area (Å²) in [6, 6.07) is 10.8. The van der Waals surface area contributed by atoms with E-state index in [9.17, 15) is 13.2 Å². The number of nitrogens with zero attached hydrogens (tertiary/aromatic N) is 1. The molecule has 0 amide bonds. The maximum Gasteiger partial charge on any atom is 0.307 e. The third-order valence-electron chi connectivity index (χ3n) is 5.41. The Bertz CT molecular complexity index is 1040. The monoisotopic (exact) mass is 435 g/mol. The lowest BCUT2D eigenvalue weighted by Gasteiger charge is -2.28. The topological polar surface area (TPSA) is 72.9 Å². The minimum absolute atomic E-state index is 0.0676. The van der Waals surface area contributed by atoms with E-state index in [4.69, 9.17) is 21.1 Å². The number of hydrogen-bond acceptors (Lipinski definition) is 5. The SMILES string of the molecule is CCOC(=O)CC1C2CC(c3cc(Cl)ccc3O2)N1S(=O)(=O)c1ccc(C)cc1. The van der Waals surface area contributed by atoms with Gasteiger partial charge in [0, 0.05) is 17.0 Å². The van der Waals surface area contributed by atoms with Crippen molar-refractivity contribution in [2.24, 2.45) is 0 Å². The molecular weight excluding hydrogens is 414 g/mol. The summed E-state index contributed by atoms with van der Waals surface area (Å²) in [4.78, 5) is 12.4. The standard InChI is InChI=1S/C21H22ClNO5S/c1-3-27-21(24)12-18-20-11-17(16-10-14(22)6-9-19(16)28-20)23(18)29(25,26)15-7-4-13(2)5-8-15/h4-10,17-18,20H,3,11-12H2,1-2H3. The van der Waals surface area contributed by atoms with Gasteiger partial charge in [-0.05, 0) is 44.2 Å². The molecule has 0 aromatic heterocycles. The van der Waals surface area contributed by atoms with Gasteiger partial charge in [-0.3, -0.25) is 4.79 Å². The normalized spacial score (nSPS) is 23.3. The second kappa shape index (κ2) is 7.63. The zero-order chi connectivity index (χ0) is 20.8. The van der Waals surface area contributed by atoms with Crippen LogP contribution in [-0.4, -0.2) is 37.4 Å². The van der Waals surface area contributed by atoms with E-state index in [1.165, 1.54) is 4.31 Å². The van der Waals surface area contributed by atoms with Crippen LogP contribution in [0.5, 0.6) is 5.75 Å². The van der Waals surface area contributed by atoms with Crippen molar-refractivity contribution in [1.29, 1.82) is 0 Å². The van der Waals surface area contributed by atoms with Gasteiger partial charge in [-0.15, -0.1) is 0 Å². The second-order valence-electron chi connectivity index (χ2n) is 7.31.